The Labute approximate surface area is 99.5 Å². The summed E-state index contributed by atoms with van der Waals surface area (Å²) in [5, 5.41) is 1.83. The Bertz CT molecular complexity index is 225. The molecule has 0 spiro atoms. The first-order valence-corrected chi connectivity index (χ1v) is 5.16. The van der Waals surface area contributed by atoms with Crippen LogP contribution in [0.3, 0.4) is 0 Å². The van der Waals surface area contributed by atoms with Crippen molar-refractivity contribution in [2.75, 3.05) is 26.3 Å². The molecule has 0 aliphatic carbocycles. The topological polar surface area (TPSA) is 154 Å². The first-order valence-electron chi connectivity index (χ1n) is 5.16. The summed E-state index contributed by atoms with van der Waals surface area (Å²) in [6, 6.07) is -1.35. The van der Waals surface area contributed by atoms with Crippen LogP contribution < -0.4 is 23.2 Å². The number of rotatable bonds is 8. The third-order valence-corrected chi connectivity index (χ3v) is 1.94. The molecular weight excluding hydrogens is 228 g/mol. The number of ether oxygens (including phenoxy) is 1. The van der Waals surface area contributed by atoms with Crippen molar-refractivity contribution in [2.24, 2.45) is 23.2 Å². The van der Waals surface area contributed by atoms with E-state index in [2.05, 4.69) is 0 Å². The van der Waals surface area contributed by atoms with Gasteiger partial charge in [-0.25, -0.2) is 21.3 Å². The monoisotopic (exact) mass is 248 g/mol. The maximum absolute atomic E-state index is 10.5. The first-order chi connectivity index (χ1) is 7.95. The van der Waals surface area contributed by atoms with Gasteiger partial charge in [-0.3, -0.25) is 10.0 Å². The predicted molar refractivity (Wildman–Crippen MR) is 61.0 cm³/mol. The van der Waals surface area contributed by atoms with Crippen molar-refractivity contribution >= 4 is 12.1 Å². The van der Waals surface area contributed by atoms with Gasteiger partial charge in [-0.05, 0) is 12.8 Å². The Balaban J connectivity index is 3.30. The largest absolute Gasteiger partial charge is 0.381 e. The lowest BCUT2D eigenvalue weighted by molar-refractivity contribution is 0.115. The molecule has 17 heavy (non-hydrogen) atoms. The van der Waals surface area contributed by atoms with Crippen molar-refractivity contribution in [1.29, 1.82) is 0 Å². The number of amides is 4. The molecule has 0 aromatic heterocycles. The molecule has 0 unspecified atom stereocenters. The minimum atomic E-state index is -0.676. The molecule has 0 radical (unpaired) electrons. The van der Waals surface area contributed by atoms with E-state index in [1.165, 1.54) is 0 Å². The lowest BCUT2D eigenvalue weighted by atomic mass is 10.4. The molecule has 0 aromatic carbocycles. The van der Waals surface area contributed by atoms with E-state index in [0.29, 0.717) is 39.1 Å². The summed E-state index contributed by atoms with van der Waals surface area (Å²) in [7, 11) is 0. The number of primary amides is 2. The maximum Gasteiger partial charge on any atom is 0.328 e. The van der Waals surface area contributed by atoms with Crippen molar-refractivity contribution in [3.8, 4) is 0 Å². The zero-order chi connectivity index (χ0) is 13.3. The highest BCUT2D eigenvalue weighted by Crippen LogP contribution is 1.90. The molecule has 0 saturated carbocycles. The van der Waals surface area contributed by atoms with Gasteiger partial charge in [0.05, 0.1) is 0 Å². The summed E-state index contributed by atoms with van der Waals surface area (Å²) < 4.78 is 5.23. The lowest BCUT2D eigenvalue weighted by Crippen LogP contribution is -2.42. The maximum atomic E-state index is 10.5. The highest BCUT2D eigenvalue weighted by atomic mass is 16.5. The standard InChI is InChI=1S/C8H20N6O3/c9-7(15)13(11)3-1-5-17-6-2-4-14(12)8(10)16/h1-6,11-12H2,(H2,9,15)(H2,10,16). The third-order valence-electron chi connectivity index (χ3n) is 1.94. The second kappa shape index (κ2) is 8.56. The van der Waals surface area contributed by atoms with Crippen LogP contribution >= 0.6 is 0 Å². The van der Waals surface area contributed by atoms with E-state index >= 15 is 0 Å². The molecule has 8 N–H and O–H groups in total. The summed E-state index contributed by atoms with van der Waals surface area (Å²) in [6.07, 6.45) is 1.17. The fourth-order valence-corrected chi connectivity index (χ4v) is 0.996. The Morgan fingerprint density at radius 2 is 1.24 bits per heavy atom. The number of hydrogen-bond donors (Lipinski definition) is 4. The van der Waals surface area contributed by atoms with Crippen LogP contribution in [0, 0.1) is 0 Å². The lowest BCUT2D eigenvalue weighted by Gasteiger charge is -2.14. The number of hydrogen-bond acceptors (Lipinski definition) is 5. The van der Waals surface area contributed by atoms with Crippen molar-refractivity contribution in [3.05, 3.63) is 0 Å². The number of nitrogens with two attached hydrogens (primary N) is 4. The van der Waals surface area contributed by atoms with Crippen LogP contribution in [0.1, 0.15) is 12.8 Å². The summed E-state index contributed by atoms with van der Waals surface area (Å²) in [5.41, 5.74) is 9.84. The van der Waals surface area contributed by atoms with E-state index < -0.39 is 12.1 Å². The van der Waals surface area contributed by atoms with E-state index in [1.807, 2.05) is 0 Å². The fourth-order valence-electron chi connectivity index (χ4n) is 0.996. The van der Waals surface area contributed by atoms with Gasteiger partial charge in [0.15, 0.2) is 0 Å². The molecule has 0 heterocycles. The third kappa shape index (κ3) is 8.25. The van der Waals surface area contributed by atoms with E-state index in [1.54, 1.807) is 0 Å². The molecule has 0 aromatic rings. The van der Waals surface area contributed by atoms with Gasteiger partial charge in [0, 0.05) is 26.3 Å². The van der Waals surface area contributed by atoms with Crippen LogP contribution in [-0.4, -0.2) is 48.4 Å². The molecule has 4 amide bonds. The number of urea groups is 2. The molecule has 0 aliphatic rings. The van der Waals surface area contributed by atoms with E-state index in [4.69, 9.17) is 27.9 Å². The Kier molecular flexibility index (Phi) is 7.76. The van der Waals surface area contributed by atoms with Gasteiger partial charge < -0.3 is 16.2 Å². The average molecular weight is 248 g/mol. The van der Waals surface area contributed by atoms with Gasteiger partial charge in [0.25, 0.3) is 0 Å². The number of carbonyl (C=O) groups excluding carboxylic acids is 2. The van der Waals surface area contributed by atoms with E-state index in [-0.39, 0.29) is 0 Å². The van der Waals surface area contributed by atoms with E-state index in [0.717, 1.165) is 10.0 Å². The number of hydrazine groups is 2. The number of carbonyl (C=O) groups is 2. The van der Waals surface area contributed by atoms with Gasteiger partial charge in [-0.2, -0.15) is 0 Å². The Morgan fingerprint density at radius 1 is 0.882 bits per heavy atom. The molecular formula is C8H20N6O3. The molecule has 9 nitrogen and oxygen atoms in total. The van der Waals surface area contributed by atoms with Crippen LogP contribution in [0.15, 0.2) is 0 Å². The van der Waals surface area contributed by atoms with Crippen molar-refractivity contribution in [1.82, 2.24) is 10.0 Å². The SMILES string of the molecule is NC(=O)N(N)CCCOCCCN(N)C(N)=O. The second-order valence-electron chi connectivity index (χ2n) is 3.38. The Morgan fingerprint density at radius 3 is 1.53 bits per heavy atom. The van der Waals surface area contributed by atoms with Crippen LogP contribution in [-0.2, 0) is 4.74 Å². The van der Waals surface area contributed by atoms with Gasteiger partial charge >= 0.3 is 12.1 Å². The average Bonchev–Trinajstić information content (AvgIpc) is 2.26. The normalized spacial score (nSPS) is 10.0. The molecule has 100 valence electrons. The molecule has 0 aliphatic heterocycles. The molecule has 9 heteroatoms. The zero-order valence-corrected chi connectivity index (χ0v) is 9.67. The van der Waals surface area contributed by atoms with Crippen molar-refractivity contribution < 1.29 is 14.3 Å². The second-order valence-corrected chi connectivity index (χ2v) is 3.38. The summed E-state index contributed by atoms with van der Waals surface area (Å²) in [5.74, 6) is 10.5. The first kappa shape index (κ1) is 15.4. The summed E-state index contributed by atoms with van der Waals surface area (Å²) in [6.45, 7) is 1.56. The van der Waals surface area contributed by atoms with Crippen molar-refractivity contribution in [3.63, 3.8) is 0 Å². The zero-order valence-electron chi connectivity index (χ0n) is 9.67. The quantitative estimate of drug-likeness (QED) is 0.174. The van der Waals surface area contributed by atoms with Crippen LogP contribution in [0.4, 0.5) is 9.59 Å². The molecule has 0 bridgehead atoms. The molecule has 0 atom stereocenters. The number of nitrogens with zero attached hydrogens (tertiary/aromatic N) is 2. The highest BCUT2D eigenvalue weighted by Gasteiger charge is 2.03. The van der Waals surface area contributed by atoms with Crippen LogP contribution in [0.5, 0.6) is 0 Å². The smallest absolute Gasteiger partial charge is 0.328 e. The van der Waals surface area contributed by atoms with Crippen LogP contribution in [0.25, 0.3) is 0 Å². The summed E-state index contributed by atoms with van der Waals surface area (Å²) in [4.78, 5) is 21.0. The van der Waals surface area contributed by atoms with Gasteiger partial charge in [-0.15, -0.1) is 0 Å². The van der Waals surface area contributed by atoms with Crippen molar-refractivity contribution in [2.45, 2.75) is 12.8 Å². The minimum absolute atomic E-state index is 0.333. The predicted octanol–water partition coefficient (Wildman–Crippen LogP) is -1.71. The molecule has 0 rings (SSSR count). The van der Waals surface area contributed by atoms with Gasteiger partial charge in [0.2, 0.25) is 0 Å². The fraction of sp³-hybridized carbons (Fsp3) is 0.750. The van der Waals surface area contributed by atoms with Crippen LogP contribution in [0.2, 0.25) is 0 Å². The highest BCUT2D eigenvalue weighted by molar-refractivity contribution is 5.71. The van der Waals surface area contributed by atoms with E-state index in [9.17, 15) is 9.59 Å². The Hall–Kier alpha value is -1.58. The molecule has 0 saturated heterocycles. The minimum Gasteiger partial charge on any atom is -0.381 e. The summed E-state index contributed by atoms with van der Waals surface area (Å²) >= 11 is 0. The van der Waals surface area contributed by atoms with Gasteiger partial charge in [-0.1, -0.05) is 0 Å². The van der Waals surface area contributed by atoms with Gasteiger partial charge in [0.1, 0.15) is 0 Å². The molecule has 0 fully saturated rings.